The number of esters is 3. The second kappa shape index (κ2) is 12.1. The molecule has 1 unspecified atom stereocenters. The fraction of sp³-hybridized carbons (Fsp3) is 0.381. The Hall–Kier alpha value is -3.69. The summed E-state index contributed by atoms with van der Waals surface area (Å²) in [7, 11) is 2.39. The van der Waals surface area contributed by atoms with Gasteiger partial charge in [0.1, 0.15) is 12.5 Å². The number of hydrogen-bond donors (Lipinski definition) is 1. The molecule has 1 rings (SSSR count). The van der Waals surface area contributed by atoms with Gasteiger partial charge in [-0.1, -0.05) is 12.1 Å². The molecule has 31 heavy (non-hydrogen) atoms. The largest absolute Gasteiger partial charge is 0.480 e. The molecule has 1 N–H and O–H groups in total. The molecule has 0 fully saturated rings. The van der Waals surface area contributed by atoms with E-state index in [0.29, 0.717) is 11.1 Å². The van der Waals surface area contributed by atoms with Gasteiger partial charge in [-0.15, -0.1) is 0 Å². The number of rotatable bonds is 10. The van der Waals surface area contributed by atoms with Gasteiger partial charge in [-0.05, 0) is 37.6 Å². The Labute approximate surface area is 179 Å². The van der Waals surface area contributed by atoms with Crippen molar-refractivity contribution in [3.8, 4) is 0 Å². The van der Waals surface area contributed by atoms with E-state index in [1.807, 2.05) is 0 Å². The summed E-state index contributed by atoms with van der Waals surface area (Å²) in [5.74, 6) is -4.26. The molecular formula is C21H25NO9. The molecule has 10 heteroatoms. The van der Waals surface area contributed by atoms with Crippen molar-refractivity contribution in [1.29, 1.82) is 0 Å². The summed E-state index contributed by atoms with van der Waals surface area (Å²) in [6, 6.07) is 4.73. The van der Waals surface area contributed by atoms with Gasteiger partial charge in [0.15, 0.2) is 0 Å². The lowest BCUT2D eigenvalue weighted by Gasteiger charge is -2.27. The van der Waals surface area contributed by atoms with Crippen LogP contribution in [0.4, 0.5) is 0 Å². The zero-order valence-electron chi connectivity index (χ0n) is 17.7. The van der Waals surface area contributed by atoms with Crippen molar-refractivity contribution in [2.24, 2.45) is 0 Å². The second-order valence-corrected chi connectivity index (χ2v) is 6.29. The molecule has 10 nitrogen and oxygen atoms in total. The quantitative estimate of drug-likeness (QED) is 0.249. The third kappa shape index (κ3) is 7.57. The first-order valence-electron chi connectivity index (χ1n) is 9.29. The minimum Gasteiger partial charge on any atom is -0.480 e. The van der Waals surface area contributed by atoms with E-state index in [1.54, 1.807) is 19.1 Å². The van der Waals surface area contributed by atoms with Crippen molar-refractivity contribution in [2.45, 2.75) is 26.3 Å². The predicted molar refractivity (Wildman–Crippen MR) is 108 cm³/mol. The highest BCUT2D eigenvalue weighted by molar-refractivity contribution is 5.99. The summed E-state index contributed by atoms with van der Waals surface area (Å²) in [6.07, 6.45) is 0.722. The molecule has 0 aromatic heterocycles. The third-order valence-corrected chi connectivity index (χ3v) is 4.21. The minimum absolute atomic E-state index is 0.0290. The van der Waals surface area contributed by atoms with Crippen LogP contribution in [0.3, 0.4) is 0 Å². The molecule has 0 aliphatic heterocycles. The van der Waals surface area contributed by atoms with Crippen LogP contribution >= 0.6 is 0 Å². The fourth-order valence-electron chi connectivity index (χ4n) is 2.53. The number of carbonyl (C=O) groups excluding carboxylic acids is 4. The molecule has 1 aromatic carbocycles. The Morgan fingerprint density at radius 3 is 2.16 bits per heavy atom. The van der Waals surface area contributed by atoms with Crippen LogP contribution in [0.15, 0.2) is 29.8 Å². The van der Waals surface area contributed by atoms with Crippen molar-refractivity contribution < 1.29 is 43.3 Å². The zero-order chi connectivity index (χ0) is 23.6. The van der Waals surface area contributed by atoms with Gasteiger partial charge in [-0.2, -0.15) is 0 Å². The van der Waals surface area contributed by atoms with Crippen molar-refractivity contribution >= 4 is 35.9 Å². The number of ether oxygens (including phenoxy) is 3. The van der Waals surface area contributed by atoms with E-state index >= 15 is 0 Å². The highest BCUT2D eigenvalue weighted by Gasteiger charge is 2.29. The van der Waals surface area contributed by atoms with E-state index in [0.717, 1.165) is 12.0 Å². The van der Waals surface area contributed by atoms with Gasteiger partial charge in [0.2, 0.25) is 5.91 Å². The number of carbonyl (C=O) groups is 5. The summed E-state index contributed by atoms with van der Waals surface area (Å²) in [5, 5.41) is 9.35. The van der Waals surface area contributed by atoms with Crippen LogP contribution in [0.5, 0.6) is 0 Å². The predicted octanol–water partition coefficient (Wildman–Crippen LogP) is 1.28. The number of hydrogen-bond acceptors (Lipinski definition) is 8. The minimum atomic E-state index is -1.32. The highest BCUT2D eigenvalue weighted by Crippen LogP contribution is 2.15. The summed E-state index contributed by atoms with van der Waals surface area (Å²) in [6.45, 7) is 2.47. The van der Waals surface area contributed by atoms with Crippen LogP contribution in [0.25, 0.3) is 6.08 Å². The third-order valence-electron chi connectivity index (χ3n) is 4.21. The molecule has 0 aliphatic carbocycles. The molecule has 1 atom stereocenters. The number of carboxylic acid groups (broad SMARTS) is 1. The monoisotopic (exact) mass is 435 g/mol. The first-order valence-corrected chi connectivity index (χ1v) is 9.29. The average molecular weight is 435 g/mol. The maximum atomic E-state index is 12.6. The lowest BCUT2D eigenvalue weighted by atomic mass is 10.1. The van der Waals surface area contributed by atoms with E-state index in [2.05, 4.69) is 4.74 Å². The van der Waals surface area contributed by atoms with Crippen LogP contribution in [-0.4, -0.2) is 73.2 Å². The molecule has 0 heterocycles. The average Bonchev–Trinajstić information content (AvgIpc) is 2.75. The van der Waals surface area contributed by atoms with E-state index < -0.39 is 48.8 Å². The van der Waals surface area contributed by atoms with Gasteiger partial charge in [0, 0.05) is 0 Å². The lowest BCUT2D eigenvalue weighted by Crippen LogP contribution is -2.45. The number of nitrogens with zero attached hydrogens (tertiary/aromatic N) is 1. The Kier molecular flexibility index (Phi) is 9.90. The summed E-state index contributed by atoms with van der Waals surface area (Å²) in [4.78, 5) is 60.4. The highest BCUT2D eigenvalue weighted by atomic mass is 16.5. The van der Waals surface area contributed by atoms with Gasteiger partial charge >= 0.3 is 23.9 Å². The number of methoxy groups -OCH3 is 2. The maximum absolute atomic E-state index is 12.6. The second-order valence-electron chi connectivity index (χ2n) is 6.29. The van der Waals surface area contributed by atoms with Gasteiger partial charge in [-0.3, -0.25) is 9.59 Å². The molecule has 0 saturated carbocycles. The standard InChI is InChI=1S/C21H25NO9/c1-5-31-18(24)11-17(23)22(13(2)19(25)26)12-16(21(28)30-4)10-14-6-8-15(9-7-14)20(27)29-3/h6-10,13H,5,11-12H2,1-4H3,(H,25,26). The van der Waals surface area contributed by atoms with E-state index in [1.165, 1.54) is 32.2 Å². The van der Waals surface area contributed by atoms with Crippen LogP contribution in [0, 0.1) is 0 Å². The van der Waals surface area contributed by atoms with Crippen molar-refractivity contribution in [3.63, 3.8) is 0 Å². The molecule has 0 saturated heterocycles. The zero-order valence-corrected chi connectivity index (χ0v) is 17.7. The summed E-state index contributed by atoms with van der Waals surface area (Å²) in [5.41, 5.74) is 0.762. The molecular weight excluding hydrogens is 410 g/mol. The van der Waals surface area contributed by atoms with Gasteiger partial charge in [-0.25, -0.2) is 14.4 Å². The van der Waals surface area contributed by atoms with Crippen LogP contribution in [0.2, 0.25) is 0 Å². The number of amides is 1. The topological polar surface area (TPSA) is 137 Å². The Balaban J connectivity index is 3.24. The lowest BCUT2D eigenvalue weighted by molar-refractivity contribution is -0.154. The van der Waals surface area contributed by atoms with Gasteiger partial charge < -0.3 is 24.2 Å². The van der Waals surface area contributed by atoms with Crippen molar-refractivity contribution in [3.05, 3.63) is 41.0 Å². The first kappa shape index (κ1) is 25.3. The number of carboxylic acids is 1. The van der Waals surface area contributed by atoms with Crippen molar-refractivity contribution in [2.75, 3.05) is 27.4 Å². The molecule has 168 valence electrons. The van der Waals surface area contributed by atoms with Crippen LogP contribution in [0.1, 0.15) is 36.2 Å². The van der Waals surface area contributed by atoms with Crippen LogP contribution in [-0.2, 0) is 33.4 Å². The Bertz CT molecular complexity index is 858. The first-order chi connectivity index (χ1) is 14.6. The molecule has 0 radical (unpaired) electrons. The molecule has 0 spiro atoms. The van der Waals surface area contributed by atoms with E-state index in [-0.39, 0.29) is 12.2 Å². The Morgan fingerprint density at radius 2 is 1.68 bits per heavy atom. The Morgan fingerprint density at radius 1 is 1.06 bits per heavy atom. The molecule has 1 amide bonds. The number of aliphatic carboxylic acids is 1. The van der Waals surface area contributed by atoms with Gasteiger partial charge in [0.05, 0.1) is 38.5 Å². The molecule has 1 aromatic rings. The molecule has 0 aliphatic rings. The SMILES string of the molecule is CCOC(=O)CC(=O)N(CC(=Cc1ccc(C(=O)OC)cc1)C(=O)OC)C(C)C(=O)O. The maximum Gasteiger partial charge on any atom is 0.337 e. The normalized spacial score (nSPS) is 11.8. The smallest absolute Gasteiger partial charge is 0.337 e. The van der Waals surface area contributed by atoms with E-state index in [4.69, 9.17) is 9.47 Å². The summed E-state index contributed by atoms with van der Waals surface area (Å²) >= 11 is 0. The molecule has 0 bridgehead atoms. The van der Waals surface area contributed by atoms with Crippen molar-refractivity contribution in [1.82, 2.24) is 4.90 Å². The summed E-state index contributed by atoms with van der Waals surface area (Å²) < 4.78 is 14.1. The van der Waals surface area contributed by atoms with Crippen LogP contribution < -0.4 is 0 Å². The fourth-order valence-corrected chi connectivity index (χ4v) is 2.53. The van der Waals surface area contributed by atoms with Gasteiger partial charge in [0.25, 0.3) is 0 Å². The number of benzene rings is 1. The van der Waals surface area contributed by atoms with E-state index in [9.17, 15) is 29.1 Å².